The van der Waals surface area contributed by atoms with Gasteiger partial charge >= 0.3 is 0 Å². The number of hydrogen-bond acceptors (Lipinski definition) is 4. The molecule has 0 unspecified atom stereocenters. The van der Waals surface area contributed by atoms with E-state index in [1.807, 2.05) is 12.1 Å². The van der Waals surface area contributed by atoms with Crippen LogP contribution in [0.4, 0.5) is 4.39 Å². The van der Waals surface area contributed by atoms with Crippen molar-refractivity contribution in [3.63, 3.8) is 0 Å². The molecule has 3 aromatic rings. The lowest BCUT2D eigenvalue weighted by molar-refractivity contribution is 0.628. The summed E-state index contributed by atoms with van der Waals surface area (Å²) in [5.41, 5.74) is 2.40. The molecule has 106 valence electrons. The van der Waals surface area contributed by atoms with Crippen molar-refractivity contribution in [2.45, 2.75) is 12.3 Å². The Bertz CT molecular complexity index is 774. The number of nitrogens with zero attached hydrogens (tertiary/aromatic N) is 4. The van der Waals surface area contributed by atoms with Gasteiger partial charge in [-0.3, -0.25) is 0 Å². The normalized spacial score (nSPS) is 18.4. The molecule has 0 spiro atoms. The molecule has 0 radical (unpaired) electrons. The second-order valence-electron chi connectivity index (χ2n) is 5.24. The van der Waals surface area contributed by atoms with Gasteiger partial charge in [-0.25, -0.2) is 4.39 Å². The number of halogens is 1. The van der Waals surface area contributed by atoms with Crippen LogP contribution in [0.3, 0.4) is 0 Å². The highest BCUT2D eigenvalue weighted by Gasteiger charge is 2.22. The zero-order chi connectivity index (χ0) is 14.2. The van der Waals surface area contributed by atoms with Gasteiger partial charge in [0.05, 0.1) is 5.69 Å². The standard InChI is InChI=1S/C15H14FN5/c16-12-3-1-10(2-4-12)13-5-6-14-18-19-15(21(14)20-13)11-7-8-17-9-11/h1-6,11,17H,7-9H2/t11-/m0/s1. The Morgan fingerprint density at radius 1 is 1.10 bits per heavy atom. The minimum Gasteiger partial charge on any atom is -0.316 e. The van der Waals surface area contributed by atoms with Crippen molar-refractivity contribution in [1.29, 1.82) is 0 Å². The van der Waals surface area contributed by atoms with Gasteiger partial charge in [0.2, 0.25) is 0 Å². The van der Waals surface area contributed by atoms with E-state index in [1.54, 1.807) is 16.6 Å². The van der Waals surface area contributed by atoms with Crippen molar-refractivity contribution < 1.29 is 4.39 Å². The molecule has 1 N–H and O–H groups in total. The highest BCUT2D eigenvalue weighted by atomic mass is 19.1. The largest absolute Gasteiger partial charge is 0.316 e. The summed E-state index contributed by atoms with van der Waals surface area (Å²) < 4.78 is 14.8. The number of aromatic nitrogens is 4. The van der Waals surface area contributed by atoms with Crippen molar-refractivity contribution in [2.75, 3.05) is 13.1 Å². The summed E-state index contributed by atoms with van der Waals surface area (Å²) in [6.45, 7) is 1.90. The van der Waals surface area contributed by atoms with Crippen LogP contribution in [0.15, 0.2) is 36.4 Å². The molecular weight excluding hydrogens is 269 g/mol. The molecule has 1 aliphatic rings. The lowest BCUT2D eigenvalue weighted by Crippen LogP contribution is -2.11. The molecular formula is C15H14FN5. The molecule has 0 bridgehead atoms. The zero-order valence-electron chi connectivity index (χ0n) is 11.3. The van der Waals surface area contributed by atoms with E-state index in [1.165, 1.54) is 12.1 Å². The van der Waals surface area contributed by atoms with E-state index in [-0.39, 0.29) is 5.82 Å². The summed E-state index contributed by atoms with van der Waals surface area (Å²) in [6, 6.07) is 10.1. The Kier molecular flexibility index (Phi) is 2.89. The molecule has 1 aliphatic heterocycles. The van der Waals surface area contributed by atoms with E-state index in [0.29, 0.717) is 5.92 Å². The third-order valence-electron chi connectivity index (χ3n) is 3.85. The molecule has 1 aromatic carbocycles. The van der Waals surface area contributed by atoms with Gasteiger partial charge in [-0.1, -0.05) is 0 Å². The molecule has 6 heteroatoms. The first-order valence-electron chi connectivity index (χ1n) is 7.00. The number of rotatable bonds is 2. The predicted molar refractivity (Wildman–Crippen MR) is 76.4 cm³/mol. The fourth-order valence-electron chi connectivity index (χ4n) is 2.71. The molecule has 3 heterocycles. The number of benzene rings is 1. The van der Waals surface area contributed by atoms with Crippen molar-refractivity contribution in [3.05, 3.63) is 48.0 Å². The fourth-order valence-corrected chi connectivity index (χ4v) is 2.71. The molecule has 0 saturated carbocycles. The molecule has 21 heavy (non-hydrogen) atoms. The molecule has 5 nitrogen and oxygen atoms in total. The van der Waals surface area contributed by atoms with Crippen LogP contribution in [-0.4, -0.2) is 32.9 Å². The lowest BCUT2D eigenvalue weighted by atomic mass is 10.1. The van der Waals surface area contributed by atoms with Crippen LogP contribution in [0.2, 0.25) is 0 Å². The smallest absolute Gasteiger partial charge is 0.177 e. The van der Waals surface area contributed by atoms with E-state index in [9.17, 15) is 4.39 Å². The van der Waals surface area contributed by atoms with Crippen LogP contribution in [0, 0.1) is 5.82 Å². The van der Waals surface area contributed by atoms with E-state index < -0.39 is 0 Å². The maximum atomic E-state index is 13.0. The summed E-state index contributed by atoms with van der Waals surface area (Å²) in [5.74, 6) is 0.983. The second-order valence-corrected chi connectivity index (χ2v) is 5.24. The Morgan fingerprint density at radius 3 is 2.71 bits per heavy atom. The zero-order valence-corrected chi connectivity index (χ0v) is 11.3. The molecule has 2 aromatic heterocycles. The summed E-state index contributed by atoms with van der Waals surface area (Å²) in [6.07, 6.45) is 1.04. The Hall–Kier alpha value is -2.34. The van der Waals surface area contributed by atoms with Crippen molar-refractivity contribution in [2.24, 2.45) is 0 Å². The maximum absolute atomic E-state index is 13.0. The van der Waals surface area contributed by atoms with Crippen LogP contribution in [-0.2, 0) is 0 Å². The first-order valence-corrected chi connectivity index (χ1v) is 7.00. The predicted octanol–water partition coefficient (Wildman–Crippen LogP) is 2.01. The Balaban J connectivity index is 1.80. The van der Waals surface area contributed by atoms with Gasteiger partial charge in [-0.2, -0.15) is 9.61 Å². The van der Waals surface area contributed by atoms with Gasteiger partial charge in [0, 0.05) is 18.0 Å². The van der Waals surface area contributed by atoms with Gasteiger partial charge < -0.3 is 5.32 Å². The van der Waals surface area contributed by atoms with Crippen LogP contribution in [0.5, 0.6) is 0 Å². The van der Waals surface area contributed by atoms with Crippen LogP contribution in [0.1, 0.15) is 18.2 Å². The van der Waals surface area contributed by atoms with E-state index in [2.05, 4.69) is 20.6 Å². The van der Waals surface area contributed by atoms with Crippen molar-refractivity contribution >= 4 is 5.65 Å². The highest BCUT2D eigenvalue weighted by molar-refractivity contribution is 5.60. The summed E-state index contributed by atoms with van der Waals surface area (Å²) >= 11 is 0. The number of hydrogen-bond donors (Lipinski definition) is 1. The van der Waals surface area contributed by atoms with Gasteiger partial charge in [0.25, 0.3) is 0 Å². The van der Waals surface area contributed by atoms with Crippen molar-refractivity contribution in [1.82, 2.24) is 25.1 Å². The monoisotopic (exact) mass is 283 g/mol. The minimum absolute atomic E-state index is 0.248. The van der Waals surface area contributed by atoms with Crippen LogP contribution < -0.4 is 5.32 Å². The van der Waals surface area contributed by atoms with Crippen molar-refractivity contribution in [3.8, 4) is 11.3 Å². The fraction of sp³-hybridized carbons (Fsp3) is 0.267. The van der Waals surface area contributed by atoms with Crippen LogP contribution in [0.25, 0.3) is 16.9 Å². The molecule has 1 saturated heterocycles. The second kappa shape index (κ2) is 4.89. The lowest BCUT2D eigenvalue weighted by Gasteiger charge is -2.06. The van der Waals surface area contributed by atoms with Gasteiger partial charge in [0.1, 0.15) is 5.82 Å². The Morgan fingerprint density at radius 2 is 1.95 bits per heavy atom. The highest BCUT2D eigenvalue weighted by Crippen LogP contribution is 2.22. The SMILES string of the molecule is Fc1ccc(-c2ccc3nnc([C@H]4CCNC4)n3n2)cc1. The molecule has 4 rings (SSSR count). The topological polar surface area (TPSA) is 55.1 Å². The van der Waals surface area contributed by atoms with Gasteiger partial charge in [-0.05, 0) is 49.4 Å². The Labute approximate surface area is 120 Å². The van der Waals surface area contributed by atoms with Crippen LogP contribution >= 0.6 is 0 Å². The number of fused-ring (bicyclic) bond motifs is 1. The van der Waals surface area contributed by atoms with Gasteiger partial charge in [0.15, 0.2) is 11.5 Å². The maximum Gasteiger partial charge on any atom is 0.177 e. The average molecular weight is 283 g/mol. The molecule has 1 fully saturated rings. The van der Waals surface area contributed by atoms with E-state index >= 15 is 0 Å². The third-order valence-corrected chi connectivity index (χ3v) is 3.85. The molecule has 0 aliphatic carbocycles. The quantitative estimate of drug-likeness (QED) is 0.781. The van der Waals surface area contributed by atoms with Gasteiger partial charge in [-0.15, -0.1) is 10.2 Å². The first kappa shape index (κ1) is 12.4. The average Bonchev–Trinajstić information content (AvgIpc) is 3.16. The molecule has 1 atom stereocenters. The van der Waals surface area contributed by atoms with E-state index in [0.717, 1.165) is 42.2 Å². The minimum atomic E-state index is -0.248. The summed E-state index contributed by atoms with van der Waals surface area (Å²) in [7, 11) is 0. The number of nitrogens with one attached hydrogen (secondary N) is 1. The molecule has 0 amide bonds. The summed E-state index contributed by atoms with van der Waals surface area (Å²) in [4.78, 5) is 0. The van der Waals surface area contributed by atoms with E-state index in [4.69, 9.17) is 0 Å². The summed E-state index contributed by atoms with van der Waals surface area (Å²) in [5, 5.41) is 16.4. The first-order chi connectivity index (χ1) is 10.3. The third kappa shape index (κ3) is 2.17.